The Labute approximate surface area is 207 Å². The molecule has 3 atom stereocenters. The second kappa shape index (κ2) is 11.4. The minimum Gasteiger partial charge on any atom is -0.453 e. The van der Waals surface area contributed by atoms with Crippen LogP contribution in [0.2, 0.25) is 0 Å². The number of rotatable bonds is 6. The van der Waals surface area contributed by atoms with Gasteiger partial charge in [0.05, 0.1) is 0 Å². The SMILES string of the molecule is CC(=O)OC(P(C(OC(C)=O)C(Cl)(Cl)Cl)C(OC(C)=O)C(Cl)(Cl)Cl)C(Cl)(Cl)Cl. The van der Waals surface area contributed by atoms with Crippen LogP contribution in [0, 0.1) is 0 Å². The largest absolute Gasteiger partial charge is 0.453 e. The summed E-state index contributed by atoms with van der Waals surface area (Å²) in [7, 11) is -2.63. The van der Waals surface area contributed by atoms with Gasteiger partial charge >= 0.3 is 17.9 Å². The van der Waals surface area contributed by atoms with Crippen LogP contribution in [0.3, 0.4) is 0 Å². The summed E-state index contributed by atoms with van der Waals surface area (Å²) < 4.78 is 7.99. The van der Waals surface area contributed by atoms with Crippen LogP contribution in [0.4, 0.5) is 0 Å². The molecule has 0 bridgehead atoms. The molecule has 6 nitrogen and oxygen atoms in total. The number of carbonyl (C=O) groups excluding carboxylic acids is 3. The maximum Gasteiger partial charge on any atom is 0.303 e. The molecule has 0 aromatic heterocycles. The molecule has 0 aliphatic carbocycles. The number of carbonyl (C=O) groups is 3. The second-order valence-electron chi connectivity index (χ2n) is 4.96. The molecule has 0 saturated carbocycles. The minimum atomic E-state index is -2.63. The number of ether oxygens (including phenoxy) is 3. The average molecular weight is 602 g/mol. The van der Waals surface area contributed by atoms with Crippen LogP contribution in [0.15, 0.2) is 0 Å². The standard InChI is InChI=1S/C12H12Cl9O6P/c1-4(22)25-7(10(13,14)15)28(8(11(16,17)18)26-5(2)23)9(12(19,20)21)27-6(3)24/h7-9H,1-3H3. The van der Waals surface area contributed by atoms with Crippen molar-refractivity contribution in [2.24, 2.45) is 0 Å². The van der Waals surface area contributed by atoms with Gasteiger partial charge < -0.3 is 14.2 Å². The smallest absolute Gasteiger partial charge is 0.303 e. The van der Waals surface area contributed by atoms with E-state index in [1.165, 1.54) is 0 Å². The topological polar surface area (TPSA) is 78.9 Å². The van der Waals surface area contributed by atoms with Gasteiger partial charge in [-0.05, 0) is 0 Å². The van der Waals surface area contributed by atoms with E-state index in [2.05, 4.69) is 0 Å². The predicted octanol–water partition coefficient (Wildman–Crippen LogP) is 6.25. The number of halogens is 9. The molecule has 28 heavy (non-hydrogen) atoms. The zero-order chi connectivity index (χ0) is 22.7. The lowest BCUT2D eigenvalue weighted by molar-refractivity contribution is -0.144. The molecule has 0 radical (unpaired) electrons. The van der Waals surface area contributed by atoms with Gasteiger partial charge in [0.1, 0.15) is 0 Å². The van der Waals surface area contributed by atoms with Gasteiger partial charge in [0, 0.05) is 28.7 Å². The van der Waals surface area contributed by atoms with Crippen LogP contribution >= 0.6 is 112 Å². The third kappa shape index (κ3) is 10.2. The van der Waals surface area contributed by atoms with Gasteiger partial charge in [-0.3, -0.25) is 14.4 Å². The summed E-state index contributed by atoms with van der Waals surface area (Å²) >= 11 is 53.4. The molecule has 3 unspecified atom stereocenters. The zero-order valence-electron chi connectivity index (χ0n) is 14.0. The van der Waals surface area contributed by atoms with E-state index in [9.17, 15) is 14.4 Å². The lowest BCUT2D eigenvalue weighted by Gasteiger charge is -2.43. The van der Waals surface area contributed by atoms with Crippen molar-refractivity contribution in [3.8, 4) is 0 Å². The van der Waals surface area contributed by atoms with E-state index in [0.29, 0.717) is 0 Å². The van der Waals surface area contributed by atoms with Crippen molar-refractivity contribution in [3.63, 3.8) is 0 Å². The predicted molar refractivity (Wildman–Crippen MR) is 114 cm³/mol. The van der Waals surface area contributed by atoms with Crippen molar-refractivity contribution >= 4 is 130 Å². The van der Waals surface area contributed by atoms with Crippen molar-refractivity contribution in [3.05, 3.63) is 0 Å². The van der Waals surface area contributed by atoms with Gasteiger partial charge in [0.15, 0.2) is 17.5 Å². The molecular weight excluding hydrogens is 590 g/mol. The number of esters is 3. The second-order valence-corrected chi connectivity index (χ2v) is 14.4. The Balaban J connectivity index is 6.79. The normalized spacial score (nSPS) is 17.1. The molecule has 0 fully saturated rings. The lowest BCUT2D eigenvalue weighted by Crippen LogP contribution is -2.45. The number of hydrogen-bond acceptors (Lipinski definition) is 6. The van der Waals surface area contributed by atoms with Crippen molar-refractivity contribution in [1.82, 2.24) is 0 Å². The van der Waals surface area contributed by atoms with Crippen LogP contribution < -0.4 is 0 Å². The van der Waals surface area contributed by atoms with Gasteiger partial charge in [-0.25, -0.2) is 0 Å². The van der Waals surface area contributed by atoms with E-state index in [1.807, 2.05) is 0 Å². The first-order chi connectivity index (χ1) is 12.3. The zero-order valence-corrected chi connectivity index (χ0v) is 21.7. The van der Waals surface area contributed by atoms with Crippen molar-refractivity contribution < 1.29 is 28.6 Å². The summed E-state index contributed by atoms with van der Waals surface area (Å²) in [5.74, 6) is -8.15. The van der Waals surface area contributed by atoms with Crippen molar-refractivity contribution in [2.75, 3.05) is 0 Å². The summed E-state index contributed by atoms with van der Waals surface area (Å²) in [6.45, 7) is 2.97. The Bertz CT molecular complexity index is 505. The lowest BCUT2D eigenvalue weighted by atomic mass is 10.7. The van der Waals surface area contributed by atoms with Crippen LogP contribution in [0.5, 0.6) is 0 Å². The molecule has 0 rings (SSSR count). The number of alkyl halides is 9. The van der Waals surface area contributed by atoms with E-state index in [-0.39, 0.29) is 0 Å². The Morgan fingerprint density at radius 3 is 0.857 bits per heavy atom. The molecular formula is C12H12Cl9O6P. The van der Waals surface area contributed by atoms with E-state index < -0.39 is 54.7 Å². The first-order valence-electron chi connectivity index (χ1n) is 6.77. The van der Waals surface area contributed by atoms with Crippen LogP contribution in [-0.4, -0.2) is 46.8 Å². The molecule has 0 saturated heterocycles. The van der Waals surface area contributed by atoms with E-state index in [0.717, 1.165) is 20.8 Å². The molecule has 0 N–H and O–H groups in total. The molecule has 0 spiro atoms. The Morgan fingerprint density at radius 1 is 0.571 bits per heavy atom. The van der Waals surface area contributed by atoms with Gasteiger partial charge in [0.25, 0.3) is 0 Å². The third-order valence-corrected chi connectivity index (χ3v) is 8.74. The molecule has 0 heterocycles. The molecule has 0 aliphatic heterocycles. The van der Waals surface area contributed by atoms with Crippen LogP contribution in [-0.2, 0) is 28.6 Å². The molecule has 16 heteroatoms. The van der Waals surface area contributed by atoms with E-state index >= 15 is 0 Å². The fraction of sp³-hybridized carbons (Fsp3) is 0.750. The highest BCUT2D eigenvalue weighted by Gasteiger charge is 2.59. The molecule has 0 amide bonds. The first-order valence-corrected chi connectivity index (χ1v) is 11.7. The third-order valence-electron chi connectivity index (χ3n) is 2.49. The van der Waals surface area contributed by atoms with E-state index in [4.69, 9.17) is 119 Å². The summed E-state index contributed by atoms with van der Waals surface area (Å²) in [4.78, 5) is 34.8. The summed E-state index contributed by atoms with van der Waals surface area (Å²) in [6, 6.07) is 0. The highest BCUT2D eigenvalue weighted by Crippen LogP contribution is 2.67. The molecule has 0 aliphatic rings. The van der Waals surface area contributed by atoms with Crippen molar-refractivity contribution in [2.45, 2.75) is 49.7 Å². The van der Waals surface area contributed by atoms with Gasteiger partial charge in [-0.2, -0.15) is 0 Å². The van der Waals surface area contributed by atoms with Gasteiger partial charge in [-0.1, -0.05) is 104 Å². The fourth-order valence-electron chi connectivity index (χ4n) is 1.73. The summed E-state index contributed by atoms with van der Waals surface area (Å²) in [5, 5.41) is 0. The van der Waals surface area contributed by atoms with Gasteiger partial charge in [0.2, 0.25) is 11.4 Å². The Kier molecular flexibility index (Phi) is 11.9. The summed E-state index contributed by atoms with van der Waals surface area (Å²) in [6.07, 6.45) is 0. The monoisotopic (exact) mass is 598 g/mol. The van der Waals surface area contributed by atoms with Crippen molar-refractivity contribution in [1.29, 1.82) is 0 Å². The molecule has 164 valence electrons. The molecule has 0 aromatic rings. The minimum absolute atomic E-state index is 0.930. The highest BCUT2D eigenvalue weighted by molar-refractivity contribution is 7.61. The first kappa shape index (κ1) is 29.5. The van der Waals surface area contributed by atoms with Crippen LogP contribution in [0.25, 0.3) is 0 Å². The van der Waals surface area contributed by atoms with E-state index in [1.54, 1.807) is 0 Å². The maximum atomic E-state index is 11.6. The maximum absolute atomic E-state index is 11.6. The van der Waals surface area contributed by atoms with Crippen LogP contribution in [0.1, 0.15) is 20.8 Å². The number of hydrogen-bond donors (Lipinski definition) is 0. The Morgan fingerprint density at radius 2 is 0.750 bits per heavy atom. The average Bonchev–Trinajstić information content (AvgIpc) is 2.39. The Hall–Kier alpha value is 1.45. The fourth-order valence-corrected chi connectivity index (χ4v) is 7.74. The molecule has 0 aromatic carbocycles. The summed E-state index contributed by atoms with van der Waals surface area (Å²) in [5.41, 5.74) is 0. The van der Waals surface area contributed by atoms with Gasteiger partial charge in [-0.15, -0.1) is 0 Å². The highest BCUT2D eigenvalue weighted by atomic mass is 35.6. The quantitative estimate of drug-likeness (QED) is 0.155.